The van der Waals surface area contributed by atoms with E-state index in [1.165, 1.54) is 27.1 Å². The van der Waals surface area contributed by atoms with Gasteiger partial charge in [-0.3, -0.25) is 0 Å². The van der Waals surface area contributed by atoms with Crippen LogP contribution in [0.15, 0.2) is 235 Å². The molecule has 0 unspecified atom stereocenters. The lowest BCUT2D eigenvalue weighted by molar-refractivity contribution is 0.670. The fourth-order valence-corrected chi connectivity index (χ4v) is 9.51. The molecule has 0 radical (unpaired) electrons. The summed E-state index contributed by atoms with van der Waals surface area (Å²) in [6, 6.07) is 83.0. The van der Waals surface area contributed by atoms with Crippen molar-refractivity contribution in [2.75, 3.05) is 4.90 Å². The van der Waals surface area contributed by atoms with E-state index in [9.17, 15) is 0 Å². The standard InChI is InChI=1S/C58H38N2O/c1-3-18-40(19-4-1)50-38-41(44-28-16-30-48-47-26-11-14-35-56(47)61-58(44)48)36-37-53(50)60(51-31-12-9-25-46(51)45-29-15-21-39-20-7-8-24-43(39)45)55-34-17-33-54-57(55)49-27-10-13-32-52(49)59(54)42-22-5-2-6-23-42/h1-38H. The highest BCUT2D eigenvalue weighted by molar-refractivity contribution is 6.18. The van der Waals surface area contributed by atoms with Gasteiger partial charge in [0.1, 0.15) is 11.2 Å². The Bertz CT molecular complexity index is 3590. The van der Waals surface area contributed by atoms with Crippen LogP contribution in [0, 0.1) is 0 Å². The summed E-state index contributed by atoms with van der Waals surface area (Å²) < 4.78 is 9.02. The first-order valence-electron chi connectivity index (χ1n) is 20.9. The van der Waals surface area contributed by atoms with E-state index in [1.807, 2.05) is 6.07 Å². The highest BCUT2D eigenvalue weighted by atomic mass is 16.3. The van der Waals surface area contributed by atoms with Crippen LogP contribution in [0.25, 0.3) is 93.6 Å². The van der Waals surface area contributed by atoms with Gasteiger partial charge in [0.2, 0.25) is 0 Å². The summed E-state index contributed by atoms with van der Waals surface area (Å²) >= 11 is 0. The Labute approximate surface area is 353 Å². The average molecular weight is 779 g/mol. The van der Waals surface area contributed by atoms with Crippen LogP contribution in [0.1, 0.15) is 0 Å². The second kappa shape index (κ2) is 14.3. The van der Waals surface area contributed by atoms with Gasteiger partial charge in [0.15, 0.2) is 0 Å². The normalized spacial score (nSPS) is 11.6. The lowest BCUT2D eigenvalue weighted by Gasteiger charge is -2.31. The molecule has 61 heavy (non-hydrogen) atoms. The molecule has 2 heterocycles. The summed E-state index contributed by atoms with van der Waals surface area (Å²) in [6.45, 7) is 0. The van der Waals surface area contributed by atoms with Crippen molar-refractivity contribution in [1.29, 1.82) is 0 Å². The van der Waals surface area contributed by atoms with Gasteiger partial charge in [-0.2, -0.15) is 0 Å². The number of fused-ring (bicyclic) bond motifs is 7. The van der Waals surface area contributed by atoms with Crippen LogP contribution in [0.4, 0.5) is 17.1 Å². The molecule has 0 saturated carbocycles. The van der Waals surface area contributed by atoms with Gasteiger partial charge in [-0.05, 0) is 82.1 Å². The van der Waals surface area contributed by atoms with E-state index < -0.39 is 0 Å². The van der Waals surface area contributed by atoms with Crippen LogP contribution in [0.5, 0.6) is 0 Å². The van der Waals surface area contributed by atoms with E-state index in [4.69, 9.17) is 4.42 Å². The van der Waals surface area contributed by atoms with Crippen molar-refractivity contribution in [3.63, 3.8) is 0 Å². The summed E-state index contributed by atoms with van der Waals surface area (Å²) in [5, 5.41) is 7.05. The second-order valence-electron chi connectivity index (χ2n) is 15.6. The van der Waals surface area contributed by atoms with Crippen molar-refractivity contribution in [1.82, 2.24) is 4.57 Å². The van der Waals surface area contributed by atoms with Gasteiger partial charge in [-0.1, -0.05) is 176 Å². The Morgan fingerprint density at radius 2 is 0.934 bits per heavy atom. The van der Waals surface area contributed by atoms with Gasteiger partial charge in [0.25, 0.3) is 0 Å². The number of para-hydroxylation sites is 5. The molecule has 12 rings (SSSR count). The molecule has 12 aromatic rings. The Hall–Kier alpha value is -8.14. The molecule has 0 aliphatic carbocycles. The third-order valence-corrected chi connectivity index (χ3v) is 12.2. The van der Waals surface area contributed by atoms with Crippen LogP contribution in [-0.2, 0) is 0 Å². The molecule has 0 aliphatic heterocycles. The van der Waals surface area contributed by atoms with Crippen LogP contribution < -0.4 is 4.90 Å². The number of furan rings is 1. The number of hydrogen-bond acceptors (Lipinski definition) is 2. The molecule has 3 heteroatoms. The molecule has 0 saturated heterocycles. The van der Waals surface area contributed by atoms with Crippen molar-refractivity contribution in [3.8, 4) is 39.1 Å². The lowest BCUT2D eigenvalue weighted by Crippen LogP contribution is -2.13. The number of aromatic nitrogens is 1. The van der Waals surface area contributed by atoms with Gasteiger partial charge in [0, 0.05) is 43.9 Å². The molecule has 0 spiro atoms. The molecule has 0 fully saturated rings. The zero-order valence-corrected chi connectivity index (χ0v) is 33.2. The first kappa shape index (κ1) is 34.9. The third-order valence-electron chi connectivity index (χ3n) is 12.2. The molecule has 2 aromatic heterocycles. The van der Waals surface area contributed by atoms with Crippen molar-refractivity contribution in [2.24, 2.45) is 0 Å². The van der Waals surface area contributed by atoms with Crippen LogP contribution in [0.2, 0.25) is 0 Å². The molecule has 0 bridgehead atoms. The second-order valence-corrected chi connectivity index (χ2v) is 15.6. The quantitative estimate of drug-likeness (QED) is 0.161. The summed E-state index contributed by atoms with van der Waals surface area (Å²) in [5.74, 6) is 0. The van der Waals surface area contributed by atoms with Crippen molar-refractivity contribution >= 4 is 71.6 Å². The third kappa shape index (κ3) is 5.66. The fourth-order valence-electron chi connectivity index (χ4n) is 9.51. The molecule has 10 aromatic carbocycles. The maximum atomic E-state index is 6.61. The number of rotatable bonds is 7. The SMILES string of the molecule is c1ccc(-c2cc(-c3cccc4c3oc3ccccc34)ccc2N(c2ccccc2-c2cccc3ccccc23)c2cccc3c2c2ccccc2n3-c2ccccc2)cc1. The molecule has 0 amide bonds. The van der Waals surface area contributed by atoms with Crippen LogP contribution in [0.3, 0.4) is 0 Å². The van der Waals surface area contributed by atoms with Crippen molar-refractivity contribution in [2.45, 2.75) is 0 Å². The predicted molar refractivity (Wildman–Crippen MR) is 257 cm³/mol. The Morgan fingerprint density at radius 1 is 0.344 bits per heavy atom. The fraction of sp³-hybridized carbons (Fsp3) is 0. The molecule has 0 aliphatic rings. The summed E-state index contributed by atoms with van der Waals surface area (Å²) in [4.78, 5) is 2.51. The van der Waals surface area contributed by atoms with Crippen LogP contribution in [-0.4, -0.2) is 4.57 Å². The van der Waals surface area contributed by atoms with Crippen molar-refractivity contribution < 1.29 is 4.42 Å². The average Bonchev–Trinajstić information content (AvgIpc) is 3.89. The molecule has 286 valence electrons. The van der Waals surface area contributed by atoms with E-state index >= 15 is 0 Å². The first-order chi connectivity index (χ1) is 30.3. The molecular weight excluding hydrogens is 741 g/mol. The number of nitrogens with zero attached hydrogens (tertiary/aromatic N) is 2. The zero-order valence-electron chi connectivity index (χ0n) is 33.2. The molecule has 3 nitrogen and oxygen atoms in total. The Balaban J connectivity index is 1.19. The lowest BCUT2D eigenvalue weighted by atomic mass is 9.93. The van der Waals surface area contributed by atoms with Gasteiger partial charge >= 0.3 is 0 Å². The van der Waals surface area contributed by atoms with E-state index in [2.05, 4.69) is 234 Å². The maximum absolute atomic E-state index is 6.61. The smallest absolute Gasteiger partial charge is 0.143 e. The van der Waals surface area contributed by atoms with E-state index in [0.29, 0.717) is 0 Å². The Morgan fingerprint density at radius 3 is 1.82 bits per heavy atom. The van der Waals surface area contributed by atoms with Gasteiger partial charge in [-0.15, -0.1) is 0 Å². The van der Waals surface area contributed by atoms with Crippen LogP contribution >= 0.6 is 0 Å². The minimum Gasteiger partial charge on any atom is -0.455 e. The van der Waals surface area contributed by atoms with E-state index in [0.717, 1.165) is 83.5 Å². The topological polar surface area (TPSA) is 21.3 Å². The predicted octanol–water partition coefficient (Wildman–Crippen LogP) is 16.3. The first-order valence-corrected chi connectivity index (χ1v) is 20.9. The number of benzene rings is 10. The minimum absolute atomic E-state index is 0.892. The van der Waals surface area contributed by atoms with Crippen molar-refractivity contribution in [3.05, 3.63) is 231 Å². The van der Waals surface area contributed by atoms with Gasteiger partial charge in [0.05, 0.1) is 28.1 Å². The molecule has 0 N–H and O–H groups in total. The summed E-state index contributed by atoms with van der Waals surface area (Å²) in [7, 11) is 0. The summed E-state index contributed by atoms with van der Waals surface area (Å²) in [6.07, 6.45) is 0. The largest absolute Gasteiger partial charge is 0.455 e. The maximum Gasteiger partial charge on any atom is 0.143 e. The minimum atomic E-state index is 0.892. The highest BCUT2D eigenvalue weighted by Crippen LogP contribution is 2.50. The molecule has 0 atom stereocenters. The van der Waals surface area contributed by atoms with E-state index in [-0.39, 0.29) is 0 Å². The monoisotopic (exact) mass is 778 g/mol. The van der Waals surface area contributed by atoms with Gasteiger partial charge < -0.3 is 13.9 Å². The zero-order chi connectivity index (χ0) is 40.3. The molecular formula is C58H38N2O. The highest BCUT2D eigenvalue weighted by Gasteiger charge is 2.26. The summed E-state index contributed by atoms with van der Waals surface area (Å²) in [5.41, 5.74) is 15.2. The van der Waals surface area contributed by atoms with Gasteiger partial charge in [-0.25, -0.2) is 0 Å². The Kier molecular flexibility index (Phi) is 8.17. The number of hydrogen-bond donors (Lipinski definition) is 0. The number of anilines is 3. The van der Waals surface area contributed by atoms with E-state index in [1.54, 1.807) is 0 Å².